The third-order valence-electron chi connectivity index (χ3n) is 2.31. The number of nitrogens with one attached hydrogen (secondary N) is 2. The van der Waals surface area contributed by atoms with Gasteiger partial charge < -0.3 is 14.7 Å². The van der Waals surface area contributed by atoms with E-state index in [1.807, 2.05) is 26.0 Å². The van der Waals surface area contributed by atoms with Crippen molar-refractivity contribution < 1.29 is 9.21 Å². The van der Waals surface area contributed by atoms with Gasteiger partial charge in [0.1, 0.15) is 5.69 Å². The quantitative estimate of drug-likeness (QED) is 0.819. The lowest BCUT2D eigenvalue weighted by Crippen LogP contribution is -2.35. The van der Waals surface area contributed by atoms with E-state index in [1.54, 1.807) is 13.1 Å². The van der Waals surface area contributed by atoms with Crippen LogP contribution in [0.5, 0.6) is 0 Å². The standard InChI is InChI=1S/C12H16N4O2S/c1-7(2)14-10(17)8(3)19-12-16-15-11(18-12)9-5-4-6-13-9/h4-8,13H,1-3H3,(H,14,17)/t8-/m1/s1. The molecule has 102 valence electrons. The maximum absolute atomic E-state index is 11.8. The van der Waals surface area contributed by atoms with Gasteiger partial charge in [-0.3, -0.25) is 4.79 Å². The van der Waals surface area contributed by atoms with Gasteiger partial charge in [0.25, 0.3) is 11.1 Å². The molecule has 0 bridgehead atoms. The minimum atomic E-state index is -0.278. The highest BCUT2D eigenvalue weighted by molar-refractivity contribution is 8.00. The van der Waals surface area contributed by atoms with E-state index >= 15 is 0 Å². The van der Waals surface area contributed by atoms with Crippen molar-refractivity contribution in [2.75, 3.05) is 0 Å². The van der Waals surface area contributed by atoms with Gasteiger partial charge in [-0.25, -0.2) is 0 Å². The molecule has 2 heterocycles. The first-order valence-corrected chi connectivity index (χ1v) is 6.88. The van der Waals surface area contributed by atoms with Gasteiger partial charge in [-0.05, 0) is 32.9 Å². The SMILES string of the molecule is CC(C)NC(=O)[C@@H](C)Sc1nnc(-c2ccc[nH]2)o1. The Kier molecular flexibility index (Phi) is 4.26. The number of rotatable bonds is 5. The fraction of sp³-hybridized carbons (Fsp3) is 0.417. The average molecular weight is 280 g/mol. The van der Waals surface area contributed by atoms with Crippen molar-refractivity contribution in [3.8, 4) is 11.6 Å². The zero-order chi connectivity index (χ0) is 13.8. The summed E-state index contributed by atoms with van der Waals surface area (Å²) in [6.07, 6.45) is 1.78. The first kappa shape index (κ1) is 13.7. The Bertz CT molecular complexity index is 536. The molecule has 0 radical (unpaired) electrons. The number of carbonyl (C=O) groups excluding carboxylic acids is 1. The molecule has 2 rings (SSSR count). The maximum atomic E-state index is 11.8. The number of H-pyrrole nitrogens is 1. The van der Waals surface area contributed by atoms with Gasteiger partial charge in [0.2, 0.25) is 5.91 Å². The number of amides is 1. The zero-order valence-electron chi connectivity index (χ0n) is 11.0. The topological polar surface area (TPSA) is 83.8 Å². The molecule has 0 aliphatic rings. The van der Waals surface area contributed by atoms with E-state index in [9.17, 15) is 4.79 Å². The first-order valence-electron chi connectivity index (χ1n) is 6.00. The molecule has 0 saturated carbocycles. The maximum Gasteiger partial charge on any atom is 0.277 e. The number of hydrogen-bond donors (Lipinski definition) is 2. The van der Waals surface area contributed by atoms with E-state index in [0.29, 0.717) is 11.1 Å². The number of hydrogen-bond acceptors (Lipinski definition) is 5. The summed E-state index contributed by atoms with van der Waals surface area (Å²) < 4.78 is 5.48. The molecule has 1 atom stereocenters. The lowest BCUT2D eigenvalue weighted by Gasteiger charge is -2.12. The third-order valence-corrected chi connectivity index (χ3v) is 3.25. The smallest absolute Gasteiger partial charge is 0.277 e. The van der Waals surface area contributed by atoms with Crippen LogP contribution < -0.4 is 5.32 Å². The van der Waals surface area contributed by atoms with Crippen molar-refractivity contribution in [2.45, 2.75) is 37.3 Å². The molecule has 7 heteroatoms. The molecule has 0 aromatic carbocycles. The Morgan fingerprint density at radius 3 is 2.84 bits per heavy atom. The van der Waals surface area contributed by atoms with Crippen LogP contribution in [0, 0.1) is 0 Å². The molecule has 2 aromatic heterocycles. The predicted molar refractivity (Wildman–Crippen MR) is 72.7 cm³/mol. The minimum absolute atomic E-state index is 0.0420. The molecule has 0 fully saturated rings. The summed E-state index contributed by atoms with van der Waals surface area (Å²) in [6, 6.07) is 3.81. The fourth-order valence-electron chi connectivity index (χ4n) is 1.44. The Balaban J connectivity index is 1.98. The molecular formula is C12H16N4O2S. The lowest BCUT2D eigenvalue weighted by atomic mass is 10.3. The largest absolute Gasteiger partial charge is 0.410 e. The number of carbonyl (C=O) groups is 1. The van der Waals surface area contributed by atoms with Crippen molar-refractivity contribution >= 4 is 17.7 Å². The van der Waals surface area contributed by atoms with Gasteiger partial charge in [-0.15, -0.1) is 10.2 Å². The Hall–Kier alpha value is -1.76. The summed E-state index contributed by atoms with van der Waals surface area (Å²) in [5.41, 5.74) is 0.763. The summed E-state index contributed by atoms with van der Waals surface area (Å²) in [7, 11) is 0. The summed E-state index contributed by atoms with van der Waals surface area (Å²) in [5.74, 6) is 0.378. The Labute approximate surface area is 115 Å². The lowest BCUT2D eigenvalue weighted by molar-refractivity contribution is -0.120. The zero-order valence-corrected chi connectivity index (χ0v) is 11.8. The monoisotopic (exact) mass is 280 g/mol. The van der Waals surface area contributed by atoms with Crippen LogP contribution in [0.2, 0.25) is 0 Å². The molecule has 1 amide bonds. The van der Waals surface area contributed by atoms with Gasteiger partial charge in [-0.1, -0.05) is 11.8 Å². The molecule has 2 N–H and O–H groups in total. The van der Waals surface area contributed by atoms with E-state index in [1.165, 1.54) is 11.8 Å². The van der Waals surface area contributed by atoms with Crippen molar-refractivity contribution in [3.05, 3.63) is 18.3 Å². The van der Waals surface area contributed by atoms with Gasteiger partial charge in [-0.2, -0.15) is 0 Å². The van der Waals surface area contributed by atoms with Crippen LogP contribution in [0.3, 0.4) is 0 Å². The minimum Gasteiger partial charge on any atom is -0.410 e. The molecule has 6 nitrogen and oxygen atoms in total. The number of nitrogens with zero attached hydrogens (tertiary/aromatic N) is 2. The van der Waals surface area contributed by atoms with E-state index in [0.717, 1.165) is 5.69 Å². The van der Waals surface area contributed by atoms with Crippen molar-refractivity contribution in [2.24, 2.45) is 0 Å². The van der Waals surface area contributed by atoms with Gasteiger partial charge >= 0.3 is 0 Å². The summed E-state index contributed by atoms with van der Waals surface area (Å²) in [5, 5.41) is 10.8. The van der Waals surface area contributed by atoms with Crippen molar-refractivity contribution in [1.29, 1.82) is 0 Å². The molecule has 19 heavy (non-hydrogen) atoms. The van der Waals surface area contributed by atoms with Crippen molar-refractivity contribution in [3.63, 3.8) is 0 Å². The first-order chi connectivity index (χ1) is 9.06. The fourth-order valence-corrected chi connectivity index (χ4v) is 2.13. The van der Waals surface area contributed by atoms with Crippen LogP contribution in [-0.4, -0.2) is 32.4 Å². The summed E-state index contributed by atoms with van der Waals surface area (Å²) >= 11 is 1.25. The molecule has 2 aromatic rings. The Morgan fingerprint density at radius 1 is 1.42 bits per heavy atom. The van der Waals surface area contributed by atoms with Crippen LogP contribution in [0.1, 0.15) is 20.8 Å². The van der Waals surface area contributed by atoms with Crippen LogP contribution in [-0.2, 0) is 4.79 Å². The van der Waals surface area contributed by atoms with Crippen LogP contribution in [0.4, 0.5) is 0 Å². The van der Waals surface area contributed by atoms with E-state index in [2.05, 4.69) is 20.5 Å². The van der Waals surface area contributed by atoms with Crippen LogP contribution in [0.15, 0.2) is 28.0 Å². The number of thioether (sulfide) groups is 1. The van der Waals surface area contributed by atoms with Gasteiger partial charge in [0.05, 0.1) is 5.25 Å². The second kappa shape index (κ2) is 5.92. The normalized spacial score (nSPS) is 12.6. The molecular weight excluding hydrogens is 264 g/mol. The summed E-state index contributed by atoms with van der Waals surface area (Å²) in [6.45, 7) is 5.65. The molecule has 0 unspecified atom stereocenters. The molecule has 0 spiro atoms. The molecule has 0 saturated heterocycles. The highest BCUT2D eigenvalue weighted by Gasteiger charge is 2.19. The van der Waals surface area contributed by atoms with E-state index in [-0.39, 0.29) is 17.2 Å². The molecule has 0 aliphatic heterocycles. The third kappa shape index (κ3) is 3.60. The predicted octanol–water partition coefficient (Wildman–Crippen LogP) is 2.07. The van der Waals surface area contributed by atoms with Crippen LogP contribution in [0.25, 0.3) is 11.6 Å². The van der Waals surface area contributed by atoms with Crippen LogP contribution >= 0.6 is 11.8 Å². The average Bonchev–Trinajstić information content (AvgIpc) is 2.96. The van der Waals surface area contributed by atoms with E-state index < -0.39 is 0 Å². The van der Waals surface area contributed by atoms with Gasteiger partial charge in [0, 0.05) is 12.2 Å². The second-order valence-electron chi connectivity index (χ2n) is 4.38. The summed E-state index contributed by atoms with van der Waals surface area (Å²) in [4.78, 5) is 14.7. The molecule has 0 aliphatic carbocycles. The number of aromatic nitrogens is 3. The second-order valence-corrected chi connectivity index (χ2v) is 5.67. The highest BCUT2D eigenvalue weighted by atomic mass is 32.2. The van der Waals surface area contributed by atoms with Gasteiger partial charge in [0.15, 0.2) is 0 Å². The number of aromatic amines is 1. The van der Waals surface area contributed by atoms with Crippen molar-refractivity contribution in [1.82, 2.24) is 20.5 Å². The highest BCUT2D eigenvalue weighted by Crippen LogP contribution is 2.25. The van der Waals surface area contributed by atoms with E-state index in [4.69, 9.17) is 4.42 Å². The Morgan fingerprint density at radius 2 is 2.21 bits per heavy atom.